The Labute approximate surface area is 210 Å². The number of nitrogens with zero attached hydrogens (tertiary/aromatic N) is 1. The second-order valence-corrected chi connectivity index (χ2v) is 9.04. The average molecular weight is 496 g/mol. The van der Waals surface area contributed by atoms with E-state index in [0.717, 1.165) is 42.6 Å². The molecule has 2 aliphatic rings. The first-order valence-electron chi connectivity index (χ1n) is 12.2. The van der Waals surface area contributed by atoms with Gasteiger partial charge >= 0.3 is 0 Å². The number of rotatable bonds is 7. The molecule has 1 aliphatic carbocycles. The van der Waals surface area contributed by atoms with E-state index in [1.165, 1.54) is 6.92 Å². The van der Waals surface area contributed by atoms with E-state index >= 15 is 0 Å². The third-order valence-corrected chi connectivity index (χ3v) is 6.80. The Kier molecular flexibility index (Phi) is 7.67. The minimum absolute atomic E-state index is 0.0278. The standard InChI is InChI=1S/C27H33N3O6/c1-16(31)29-20-9-7-17-13-23(34-2)26(35-3)27(36-4)25(17)18-8-10-21(22(32)14-19(18)20)28-15-24(33)30-11-5-6-12-30/h8,10,13-14,20H,5-7,9,11-12,15H2,1-4H3,(H,28,32)(H,29,31)/t20-/m0/s1. The third kappa shape index (κ3) is 4.96. The molecule has 0 aromatic heterocycles. The lowest BCUT2D eigenvalue weighted by Gasteiger charge is -2.19. The van der Waals surface area contributed by atoms with Gasteiger partial charge < -0.3 is 29.7 Å². The van der Waals surface area contributed by atoms with Gasteiger partial charge in [0.15, 0.2) is 11.5 Å². The zero-order valence-corrected chi connectivity index (χ0v) is 21.2. The van der Waals surface area contributed by atoms with E-state index in [0.29, 0.717) is 41.3 Å². The molecule has 1 aliphatic heterocycles. The highest BCUT2D eigenvalue weighted by Gasteiger charge is 2.29. The Bertz CT molecular complexity index is 1220. The van der Waals surface area contributed by atoms with Crippen molar-refractivity contribution in [2.45, 2.75) is 38.6 Å². The van der Waals surface area contributed by atoms with Crippen LogP contribution >= 0.6 is 0 Å². The van der Waals surface area contributed by atoms with Crippen molar-refractivity contribution < 1.29 is 23.8 Å². The first-order chi connectivity index (χ1) is 17.4. The number of methoxy groups -OCH3 is 3. The molecule has 1 atom stereocenters. The van der Waals surface area contributed by atoms with Crippen molar-refractivity contribution in [3.63, 3.8) is 0 Å². The van der Waals surface area contributed by atoms with Crippen LogP contribution in [0.5, 0.6) is 17.2 Å². The first kappa shape index (κ1) is 25.3. The van der Waals surface area contributed by atoms with Crippen molar-refractivity contribution >= 4 is 17.5 Å². The van der Waals surface area contributed by atoms with Crippen molar-refractivity contribution in [1.29, 1.82) is 0 Å². The number of nitrogens with one attached hydrogen (secondary N) is 2. The van der Waals surface area contributed by atoms with Crippen LogP contribution < -0.4 is 30.3 Å². The number of hydrogen-bond donors (Lipinski definition) is 2. The molecular formula is C27H33N3O6. The predicted molar refractivity (Wildman–Crippen MR) is 137 cm³/mol. The summed E-state index contributed by atoms with van der Waals surface area (Å²) in [7, 11) is 4.68. The van der Waals surface area contributed by atoms with Gasteiger partial charge in [0.25, 0.3) is 0 Å². The van der Waals surface area contributed by atoms with Crippen LogP contribution in [0.15, 0.2) is 29.1 Å². The summed E-state index contributed by atoms with van der Waals surface area (Å²) in [5.41, 5.74) is 3.22. The lowest BCUT2D eigenvalue weighted by atomic mass is 9.95. The highest BCUT2D eigenvalue weighted by Crippen LogP contribution is 2.50. The minimum atomic E-state index is -0.384. The fourth-order valence-electron chi connectivity index (χ4n) is 5.10. The van der Waals surface area contributed by atoms with Crippen molar-refractivity contribution in [3.8, 4) is 28.4 Å². The average Bonchev–Trinajstić information content (AvgIpc) is 3.31. The van der Waals surface area contributed by atoms with Crippen molar-refractivity contribution in [2.24, 2.45) is 0 Å². The van der Waals surface area contributed by atoms with Crippen LogP contribution in [-0.4, -0.2) is 57.7 Å². The number of likely N-dealkylation sites (tertiary alicyclic amines) is 1. The van der Waals surface area contributed by atoms with Crippen LogP contribution in [0.25, 0.3) is 11.1 Å². The van der Waals surface area contributed by atoms with Gasteiger partial charge in [-0.3, -0.25) is 14.4 Å². The molecule has 0 unspecified atom stereocenters. The Hall–Kier alpha value is -3.75. The SMILES string of the molecule is COc1cc2c(c(OC)c1OC)-c1ccc(NCC(=O)N3CCCC3)c(=O)cc1[C@@H](NC(C)=O)CC2. The summed E-state index contributed by atoms with van der Waals surface area (Å²) < 4.78 is 17.0. The van der Waals surface area contributed by atoms with E-state index < -0.39 is 0 Å². The van der Waals surface area contributed by atoms with Crippen LogP contribution in [0.4, 0.5) is 5.69 Å². The maximum Gasteiger partial charge on any atom is 0.241 e. The molecule has 0 radical (unpaired) electrons. The van der Waals surface area contributed by atoms with E-state index in [-0.39, 0.29) is 29.8 Å². The van der Waals surface area contributed by atoms with Crippen LogP contribution in [0.1, 0.15) is 43.4 Å². The molecule has 2 aromatic carbocycles. The fourth-order valence-corrected chi connectivity index (χ4v) is 5.10. The van der Waals surface area contributed by atoms with Gasteiger partial charge in [-0.15, -0.1) is 0 Å². The molecular weight excluding hydrogens is 462 g/mol. The molecule has 0 spiro atoms. The molecule has 2 N–H and O–H groups in total. The van der Waals surface area contributed by atoms with Crippen molar-refractivity contribution in [2.75, 3.05) is 46.3 Å². The molecule has 0 bridgehead atoms. The van der Waals surface area contributed by atoms with Crippen LogP contribution in [0, 0.1) is 0 Å². The zero-order chi connectivity index (χ0) is 25.8. The molecule has 2 aromatic rings. The number of ether oxygens (including phenoxy) is 3. The predicted octanol–water partition coefficient (Wildman–Crippen LogP) is 2.90. The third-order valence-electron chi connectivity index (χ3n) is 6.80. The van der Waals surface area contributed by atoms with Gasteiger partial charge in [0, 0.05) is 25.6 Å². The van der Waals surface area contributed by atoms with Gasteiger partial charge in [-0.1, -0.05) is 6.07 Å². The lowest BCUT2D eigenvalue weighted by Crippen LogP contribution is -2.33. The lowest BCUT2D eigenvalue weighted by molar-refractivity contribution is -0.128. The van der Waals surface area contributed by atoms with Crippen LogP contribution in [0.3, 0.4) is 0 Å². The molecule has 1 heterocycles. The number of benzene rings is 1. The number of aryl methyl sites for hydroxylation is 1. The smallest absolute Gasteiger partial charge is 0.241 e. The Morgan fingerprint density at radius 2 is 1.75 bits per heavy atom. The van der Waals surface area contributed by atoms with E-state index in [1.54, 1.807) is 33.5 Å². The second kappa shape index (κ2) is 10.9. The van der Waals surface area contributed by atoms with Crippen LogP contribution in [-0.2, 0) is 16.0 Å². The summed E-state index contributed by atoms with van der Waals surface area (Å²) in [5.74, 6) is 1.27. The molecule has 36 heavy (non-hydrogen) atoms. The zero-order valence-electron chi connectivity index (χ0n) is 21.2. The molecule has 0 saturated carbocycles. The maximum absolute atomic E-state index is 13.3. The maximum atomic E-state index is 13.3. The normalized spacial score (nSPS) is 16.3. The van der Waals surface area contributed by atoms with E-state index in [2.05, 4.69) is 10.6 Å². The van der Waals surface area contributed by atoms with Crippen molar-refractivity contribution in [3.05, 3.63) is 45.6 Å². The van der Waals surface area contributed by atoms with Crippen molar-refractivity contribution in [1.82, 2.24) is 10.2 Å². The number of fused-ring (bicyclic) bond motifs is 3. The monoisotopic (exact) mass is 495 g/mol. The minimum Gasteiger partial charge on any atom is -0.493 e. The topological polar surface area (TPSA) is 106 Å². The van der Waals surface area contributed by atoms with Crippen LogP contribution in [0.2, 0.25) is 0 Å². The van der Waals surface area contributed by atoms with Gasteiger partial charge in [0.1, 0.15) is 0 Å². The highest BCUT2D eigenvalue weighted by atomic mass is 16.5. The largest absolute Gasteiger partial charge is 0.493 e. The quantitative estimate of drug-likeness (QED) is 0.608. The molecule has 192 valence electrons. The Morgan fingerprint density at radius 1 is 1.03 bits per heavy atom. The second-order valence-electron chi connectivity index (χ2n) is 9.04. The molecule has 9 heteroatoms. The van der Waals surface area contributed by atoms with Gasteiger partial charge in [-0.25, -0.2) is 0 Å². The van der Waals surface area contributed by atoms with Gasteiger partial charge in [0.05, 0.1) is 39.6 Å². The first-order valence-corrected chi connectivity index (χ1v) is 12.2. The van der Waals surface area contributed by atoms with E-state index in [1.807, 2.05) is 17.0 Å². The summed E-state index contributed by atoms with van der Waals surface area (Å²) in [6, 6.07) is 6.60. The molecule has 1 saturated heterocycles. The molecule has 2 amide bonds. The van der Waals surface area contributed by atoms with E-state index in [4.69, 9.17) is 14.2 Å². The summed E-state index contributed by atoms with van der Waals surface area (Å²) in [5, 5.41) is 6.02. The number of anilines is 1. The number of amides is 2. The summed E-state index contributed by atoms with van der Waals surface area (Å²) >= 11 is 0. The molecule has 9 nitrogen and oxygen atoms in total. The van der Waals surface area contributed by atoms with Gasteiger partial charge in [-0.05, 0) is 60.6 Å². The number of carbonyl (C=O) groups excluding carboxylic acids is 2. The molecule has 1 fully saturated rings. The molecule has 4 rings (SSSR count). The number of carbonyl (C=O) groups is 2. The fraction of sp³-hybridized carbons (Fsp3) is 0.444. The van der Waals surface area contributed by atoms with Gasteiger partial charge in [-0.2, -0.15) is 0 Å². The number of hydrogen-bond acceptors (Lipinski definition) is 7. The summed E-state index contributed by atoms with van der Waals surface area (Å²) in [4.78, 5) is 39.7. The van der Waals surface area contributed by atoms with E-state index in [9.17, 15) is 14.4 Å². The Morgan fingerprint density at radius 3 is 2.39 bits per heavy atom. The summed E-state index contributed by atoms with van der Waals surface area (Å²) in [6.07, 6.45) is 3.22. The Balaban J connectivity index is 1.84. The highest BCUT2D eigenvalue weighted by molar-refractivity contribution is 5.84. The summed E-state index contributed by atoms with van der Waals surface area (Å²) in [6.45, 7) is 3.01. The van der Waals surface area contributed by atoms with Gasteiger partial charge in [0.2, 0.25) is 23.0 Å².